The van der Waals surface area contributed by atoms with Crippen molar-refractivity contribution in [2.24, 2.45) is 0 Å². The summed E-state index contributed by atoms with van der Waals surface area (Å²) in [7, 11) is 0. The van der Waals surface area contributed by atoms with Gasteiger partial charge in [0.05, 0.1) is 0 Å². The predicted octanol–water partition coefficient (Wildman–Crippen LogP) is 3.22. The molecule has 0 amide bonds. The van der Waals surface area contributed by atoms with Gasteiger partial charge in [0.25, 0.3) is 5.92 Å². The molecule has 5 heteroatoms. The van der Waals surface area contributed by atoms with Crippen LogP contribution in [0.5, 0.6) is 0 Å². The number of halogens is 5. The number of hydrogen-bond donors (Lipinski definition) is 0. The Bertz CT molecular complexity index is 303. The van der Waals surface area contributed by atoms with Crippen LogP contribution in [0.2, 0.25) is 0 Å². The minimum Gasteiger partial charge on any atom is -0.204 e. The van der Waals surface area contributed by atoms with E-state index in [1.165, 1.54) is 0 Å². The second-order valence-electron chi connectivity index (χ2n) is 2.64. The highest BCUT2D eigenvalue weighted by Gasteiger charge is 2.27. The zero-order chi connectivity index (χ0) is 10.2. The molecule has 0 heterocycles. The molecule has 0 aromatic heterocycles. The topological polar surface area (TPSA) is 0 Å². The Morgan fingerprint density at radius 3 is 1.69 bits per heavy atom. The Hall–Kier alpha value is -1.13. The van der Waals surface area contributed by atoms with Crippen molar-refractivity contribution in [2.75, 3.05) is 0 Å². The molecule has 0 atom stereocenters. The number of alkyl halides is 2. The molecular formula is C8H5F5. The predicted molar refractivity (Wildman–Crippen MR) is 35.9 cm³/mol. The van der Waals surface area contributed by atoms with Gasteiger partial charge in [-0.05, 0) is 12.1 Å². The number of hydrogen-bond acceptors (Lipinski definition) is 0. The lowest BCUT2D eigenvalue weighted by Gasteiger charge is -2.10. The number of rotatable bonds is 1. The minimum atomic E-state index is -3.38. The molecule has 0 saturated carbocycles. The summed E-state index contributed by atoms with van der Waals surface area (Å²) >= 11 is 0. The average Bonchev–Trinajstić information content (AvgIpc) is 1.97. The quantitative estimate of drug-likeness (QED) is 0.477. The average molecular weight is 196 g/mol. The highest BCUT2D eigenvalue weighted by molar-refractivity contribution is 5.22. The summed E-state index contributed by atoms with van der Waals surface area (Å²) in [4.78, 5) is 0. The molecule has 0 N–H and O–H groups in total. The Balaban J connectivity index is 3.29. The molecule has 0 fully saturated rings. The Morgan fingerprint density at radius 2 is 1.38 bits per heavy atom. The lowest BCUT2D eigenvalue weighted by atomic mass is 10.1. The molecule has 0 spiro atoms. The van der Waals surface area contributed by atoms with E-state index >= 15 is 0 Å². The van der Waals surface area contributed by atoms with Crippen molar-refractivity contribution in [1.82, 2.24) is 0 Å². The molecule has 0 nitrogen and oxygen atoms in total. The monoisotopic (exact) mass is 196 g/mol. The molecule has 0 unspecified atom stereocenters. The zero-order valence-electron chi connectivity index (χ0n) is 6.54. The van der Waals surface area contributed by atoms with Crippen LogP contribution in [0.25, 0.3) is 0 Å². The van der Waals surface area contributed by atoms with Crippen LogP contribution in [-0.2, 0) is 5.92 Å². The molecule has 0 radical (unpaired) electrons. The second kappa shape index (κ2) is 2.97. The third-order valence-corrected chi connectivity index (χ3v) is 1.49. The fraction of sp³-hybridized carbons (Fsp3) is 0.250. The minimum absolute atomic E-state index is 0.276. The first kappa shape index (κ1) is 9.95. The van der Waals surface area contributed by atoms with Crippen molar-refractivity contribution in [3.8, 4) is 0 Å². The van der Waals surface area contributed by atoms with E-state index in [-0.39, 0.29) is 12.1 Å². The van der Waals surface area contributed by atoms with E-state index in [0.717, 1.165) is 0 Å². The molecule has 0 saturated heterocycles. The molecular weight excluding hydrogens is 191 g/mol. The van der Waals surface area contributed by atoms with Crippen molar-refractivity contribution >= 4 is 0 Å². The van der Waals surface area contributed by atoms with Gasteiger partial charge in [-0.15, -0.1) is 0 Å². The van der Waals surface area contributed by atoms with Crippen molar-refractivity contribution < 1.29 is 22.0 Å². The van der Waals surface area contributed by atoms with E-state index in [1.807, 2.05) is 0 Å². The lowest BCUT2D eigenvalue weighted by molar-refractivity contribution is 0.0166. The van der Waals surface area contributed by atoms with Crippen molar-refractivity contribution in [3.63, 3.8) is 0 Å². The molecule has 1 aromatic rings. The van der Waals surface area contributed by atoms with E-state index in [1.54, 1.807) is 0 Å². The summed E-state index contributed by atoms with van der Waals surface area (Å²) in [6.07, 6.45) is 0. The van der Waals surface area contributed by atoms with E-state index in [4.69, 9.17) is 0 Å². The fourth-order valence-electron chi connectivity index (χ4n) is 0.809. The zero-order valence-corrected chi connectivity index (χ0v) is 6.54. The summed E-state index contributed by atoms with van der Waals surface area (Å²) < 4.78 is 62.1. The largest absolute Gasteiger partial charge is 0.270 e. The molecule has 0 aliphatic rings. The normalized spacial score (nSPS) is 11.8. The van der Waals surface area contributed by atoms with Crippen LogP contribution >= 0.6 is 0 Å². The second-order valence-corrected chi connectivity index (χ2v) is 2.64. The molecule has 13 heavy (non-hydrogen) atoms. The van der Waals surface area contributed by atoms with Crippen LogP contribution < -0.4 is 0 Å². The van der Waals surface area contributed by atoms with E-state index < -0.39 is 28.9 Å². The Morgan fingerprint density at radius 1 is 1.00 bits per heavy atom. The van der Waals surface area contributed by atoms with E-state index in [0.29, 0.717) is 6.92 Å². The molecule has 1 aromatic carbocycles. The van der Waals surface area contributed by atoms with Crippen LogP contribution in [0.4, 0.5) is 22.0 Å². The first-order valence-corrected chi connectivity index (χ1v) is 3.35. The summed E-state index contributed by atoms with van der Waals surface area (Å²) in [5.74, 6) is -8.35. The smallest absolute Gasteiger partial charge is 0.204 e. The van der Waals surface area contributed by atoms with Crippen LogP contribution in [0.15, 0.2) is 12.1 Å². The van der Waals surface area contributed by atoms with E-state index in [9.17, 15) is 22.0 Å². The Kier molecular flexibility index (Phi) is 2.28. The highest BCUT2D eigenvalue weighted by Crippen LogP contribution is 2.28. The molecule has 0 aliphatic carbocycles. The van der Waals surface area contributed by atoms with Crippen molar-refractivity contribution in [3.05, 3.63) is 35.1 Å². The SMILES string of the molecule is CC(F)(F)c1cc(F)c(F)c(F)c1. The van der Waals surface area contributed by atoms with Gasteiger partial charge < -0.3 is 0 Å². The lowest BCUT2D eigenvalue weighted by Crippen LogP contribution is -2.09. The van der Waals surface area contributed by atoms with Gasteiger partial charge in [0.1, 0.15) is 0 Å². The van der Waals surface area contributed by atoms with Crippen LogP contribution in [0, 0.1) is 17.5 Å². The van der Waals surface area contributed by atoms with Gasteiger partial charge >= 0.3 is 0 Å². The maximum absolute atomic E-state index is 12.5. The number of benzene rings is 1. The molecule has 1 rings (SSSR count). The highest BCUT2D eigenvalue weighted by atomic mass is 19.3. The Labute approximate surface area is 71.0 Å². The van der Waals surface area contributed by atoms with Crippen molar-refractivity contribution in [1.29, 1.82) is 0 Å². The summed E-state index contributed by atoms with van der Waals surface area (Å²) in [6.45, 7) is 0.471. The first-order valence-electron chi connectivity index (χ1n) is 3.35. The maximum Gasteiger partial charge on any atom is 0.270 e. The van der Waals surface area contributed by atoms with Gasteiger partial charge in [0, 0.05) is 12.5 Å². The standard InChI is InChI=1S/C8H5F5/c1-8(12,13)4-2-5(9)7(11)6(10)3-4/h2-3H,1H3. The maximum atomic E-state index is 12.5. The third kappa shape index (κ3) is 1.96. The van der Waals surface area contributed by atoms with Gasteiger partial charge in [-0.1, -0.05) is 0 Å². The molecule has 0 bridgehead atoms. The summed E-state index contributed by atoms with van der Waals surface area (Å²) in [5.41, 5.74) is -0.885. The summed E-state index contributed by atoms with van der Waals surface area (Å²) in [5, 5.41) is 0. The van der Waals surface area contributed by atoms with Crippen LogP contribution in [0.1, 0.15) is 12.5 Å². The molecule has 72 valence electrons. The molecule has 0 aliphatic heterocycles. The van der Waals surface area contributed by atoms with Gasteiger partial charge in [0.2, 0.25) is 0 Å². The van der Waals surface area contributed by atoms with Gasteiger partial charge in [-0.25, -0.2) is 22.0 Å². The van der Waals surface area contributed by atoms with Gasteiger partial charge in [0.15, 0.2) is 17.5 Å². The van der Waals surface area contributed by atoms with Crippen molar-refractivity contribution in [2.45, 2.75) is 12.8 Å². The van der Waals surface area contributed by atoms with Gasteiger partial charge in [-0.3, -0.25) is 0 Å². The fourth-order valence-corrected chi connectivity index (χ4v) is 0.809. The van der Waals surface area contributed by atoms with Gasteiger partial charge in [-0.2, -0.15) is 0 Å². The first-order chi connectivity index (χ1) is 5.82. The van der Waals surface area contributed by atoms with E-state index in [2.05, 4.69) is 0 Å². The van der Waals surface area contributed by atoms with Crippen LogP contribution in [0.3, 0.4) is 0 Å². The van der Waals surface area contributed by atoms with Crippen LogP contribution in [-0.4, -0.2) is 0 Å². The summed E-state index contributed by atoms with van der Waals surface area (Å²) in [6, 6.07) is 0.552. The third-order valence-electron chi connectivity index (χ3n) is 1.49.